The van der Waals surface area contributed by atoms with Crippen molar-refractivity contribution in [3.8, 4) is 40.2 Å². The summed E-state index contributed by atoms with van der Waals surface area (Å²) in [5, 5.41) is 12.9. The molecule has 210 valence electrons. The van der Waals surface area contributed by atoms with E-state index in [9.17, 15) is 23.2 Å². The predicted octanol–water partition coefficient (Wildman–Crippen LogP) is 6.61. The van der Waals surface area contributed by atoms with E-state index in [1.54, 1.807) is 49.5 Å². The zero-order chi connectivity index (χ0) is 30.1. The lowest BCUT2D eigenvalue weighted by Gasteiger charge is -2.14. The Bertz CT molecular complexity index is 1910. The van der Waals surface area contributed by atoms with Gasteiger partial charge in [0.1, 0.15) is 23.3 Å². The van der Waals surface area contributed by atoms with Gasteiger partial charge in [-0.3, -0.25) is 4.79 Å². The summed E-state index contributed by atoms with van der Waals surface area (Å²) in [5.41, 5.74) is 10.7. The molecule has 3 heterocycles. The highest BCUT2D eigenvalue weighted by Gasteiger charge is 2.24. The molecule has 1 amide bonds. The number of anilines is 2. The first-order valence-electron chi connectivity index (χ1n) is 12.4. The van der Waals surface area contributed by atoms with Crippen LogP contribution in [0.4, 0.5) is 24.7 Å². The van der Waals surface area contributed by atoms with E-state index < -0.39 is 23.9 Å². The Balaban J connectivity index is 1.64. The maximum Gasteiger partial charge on any atom is 0.322 e. The highest BCUT2D eigenvalue weighted by molar-refractivity contribution is 6.11. The molecule has 5 aromatic rings. The molecular weight excluding hydrogens is 547 g/mol. The summed E-state index contributed by atoms with van der Waals surface area (Å²) in [5.74, 6) is -1.54. The number of fused-ring (bicyclic) bond motifs is 1. The van der Waals surface area contributed by atoms with E-state index >= 15 is 0 Å². The van der Waals surface area contributed by atoms with Crippen molar-refractivity contribution < 1.29 is 22.7 Å². The number of aromatic nitrogens is 4. The summed E-state index contributed by atoms with van der Waals surface area (Å²) in [6, 6.07) is 14.9. The van der Waals surface area contributed by atoms with Crippen molar-refractivity contribution in [1.82, 2.24) is 19.5 Å². The topological polar surface area (TPSA) is 132 Å². The van der Waals surface area contributed by atoms with Crippen LogP contribution in [0.1, 0.15) is 23.2 Å². The number of amides is 1. The smallest absolute Gasteiger partial charge is 0.322 e. The van der Waals surface area contributed by atoms with Gasteiger partial charge in [-0.05, 0) is 48.4 Å². The van der Waals surface area contributed by atoms with E-state index in [1.165, 1.54) is 12.4 Å². The molecule has 0 aliphatic heterocycles. The number of nitriles is 1. The van der Waals surface area contributed by atoms with Crippen molar-refractivity contribution in [3.05, 3.63) is 90.2 Å². The number of nitrogen functional groups attached to an aromatic ring is 1. The summed E-state index contributed by atoms with van der Waals surface area (Å²) < 4.78 is 46.8. The monoisotopic (exact) mass is 569 g/mol. The number of hydrogen-bond donors (Lipinski definition) is 2. The van der Waals surface area contributed by atoms with Crippen LogP contribution in [0.3, 0.4) is 0 Å². The lowest BCUT2D eigenvalue weighted by molar-refractivity contribution is -0.114. The molecular formula is C30H22F3N7O2. The van der Waals surface area contributed by atoms with Gasteiger partial charge in [-0.1, -0.05) is 24.8 Å². The van der Waals surface area contributed by atoms with Crippen molar-refractivity contribution >= 4 is 28.3 Å². The number of carbonyl (C=O) groups is 1. The molecule has 0 atom stereocenters. The fraction of sp³-hybridized carbons (Fsp3) is 0.100. The van der Waals surface area contributed by atoms with Gasteiger partial charge >= 0.3 is 6.01 Å². The van der Waals surface area contributed by atoms with Crippen LogP contribution < -0.4 is 15.8 Å². The summed E-state index contributed by atoms with van der Waals surface area (Å²) in [6.07, 6.45) is -0.169. The lowest BCUT2D eigenvalue weighted by atomic mass is 9.95. The number of ether oxygens (including phenoxy) is 1. The van der Waals surface area contributed by atoms with Crippen LogP contribution >= 0.6 is 0 Å². The fourth-order valence-corrected chi connectivity index (χ4v) is 4.71. The van der Waals surface area contributed by atoms with Gasteiger partial charge in [-0.25, -0.2) is 23.1 Å². The van der Waals surface area contributed by atoms with Crippen molar-refractivity contribution in [2.45, 2.75) is 13.3 Å². The molecule has 0 bridgehead atoms. The molecule has 42 heavy (non-hydrogen) atoms. The molecule has 5 rings (SSSR count). The highest BCUT2D eigenvalue weighted by Crippen LogP contribution is 2.44. The van der Waals surface area contributed by atoms with Gasteiger partial charge in [0, 0.05) is 36.3 Å². The number of halogens is 3. The Morgan fingerprint density at radius 1 is 1.17 bits per heavy atom. The predicted molar refractivity (Wildman–Crippen MR) is 151 cm³/mol. The highest BCUT2D eigenvalue weighted by atomic mass is 19.3. The largest absolute Gasteiger partial charge is 0.424 e. The van der Waals surface area contributed by atoms with Crippen LogP contribution in [0.5, 0.6) is 11.8 Å². The molecule has 2 aromatic carbocycles. The average molecular weight is 570 g/mol. The zero-order valence-corrected chi connectivity index (χ0v) is 22.3. The van der Waals surface area contributed by atoms with E-state index in [-0.39, 0.29) is 11.8 Å². The molecule has 0 unspecified atom stereocenters. The molecule has 0 radical (unpaired) electrons. The number of benzene rings is 2. The number of nitrogens with one attached hydrogen (secondary N) is 1. The van der Waals surface area contributed by atoms with E-state index in [1.807, 2.05) is 11.5 Å². The Hall–Kier alpha value is -5.70. The number of rotatable bonds is 7. The van der Waals surface area contributed by atoms with Crippen LogP contribution in [0.15, 0.2) is 73.3 Å². The zero-order valence-electron chi connectivity index (χ0n) is 22.3. The lowest BCUT2D eigenvalue weighted by Crippen LogP contribution is -2.11. The van der Waals surface area contributed by atoms with Gasteiger partial charge in [0.25, 0.3) is 12.3 Å². The molecule has 0 aliphatic rings. The number of alkyl halides is 2. The van der Waals surface area contributed by atoms with Crippen LogP contribution in [0.25, 0.3) is 33.3 Å². The molecule has 3 aromatic heterocycles. The molecule has 0 saturated carbocycles. The second-order valence-corrected chi connectivity index (χ2v) is 9.26. The normalized spacial score (nSPS) is 11.0. The summed E-state index contributed by atoms with van der Waals surface area (Å²) in [6.45, 7) is 4.84. The Morgan fingerprint density at radius 3 is 2.55 bits per heavy atom. The molecule has 3 N–H and O–H groups in total. The van der Waals surface area contributed by atoms with E-state index in [2.05, 4.69) is 32.9 Å². The van der Waals surface area contributed by atoms with Gasteiger partial charge < -0.3 is 20.4 Å². The third-order valence-electron chi connectivity index (χ3n) is 6.58. The number of carbonyl (C=O) groups excluding carboxylic acids is 1. The number of pyridine rings is 1. The minimum absolute atomic E-state index is 0.210. The first kappa shape index (κ1) is 27.9. The standard InChI is InChI=1S/C30H22F3N7O2/c1-15-12-19(38-29(41)16(2)31)6-9-21(15)26-23(24-25(40(26)3)18(13-34)14-37-28(24)35)17-4-7-20(8-5-17)42-30-36-11-10-22(39-30)27(32)33/h4-12,14,27H,2H2,1,3H3,(H2,35,37)(H,38,41). The number of nitrogens with two attached hydrogens (primary N) is 1. The molecule has 0 spiro atoms. The van der Waals surface area contributed by atoms with Crippen molar-refractivity contribution in [3.63, 3.8) is 0 Å². The molecule has 12 heteroatoms. The maximum atomic E-state index is 13.2. The molecule has 0 saturated heterocycles. The summed E-state index contributed by atoms with van der Waals surface area (Å²) >= 11 is 0. The van der Waals surface area contributed by atoms with Crippen molar-refractivity contribution in [2.24, 2.45) is 7.05 Å². The van der Waals surface area contributed by atoms with Gasteiger partial charge in [0.05, 0.1) is 22.2 Å². The number of aryl methyl sites for hydroxylation is 2. The van der Waals surface area contributed by atoms with Gasteiger partial charge in [-0.15, -0.1) is 0 Å². The maximum absolute atomic E-state index is 13.2. The van der Waals surface area contributed by atoms with Gasteiger partial charge in [0.2, 0.25) is 0 Å². The fourth-order valence-electron chi connectivity index (χ4n) is 4.71. The minimum Gasteiger partial charge on any atom is -0.424 e. The van der Waals surface area contributed by atoms with Crippen LogP contribution in [0.2, 0.25) is 0 Å². The third kappa shape index (κ3) is 5.11. The molecule has 0 aliphatic carbocycles. The Morgan fingerprint density at radius 2 is 1.90 bits per heavy atom. The SMILES string of the molecule is C=C(F)C(=O)Nc1ccc(-c2c(-c3ccc(Oc4nccc(C(F)F)n4)cc3)c3c(N)ncc(C#N)c3n2C)c(C)c1. The van der Waals surface area contributed by atoms with Crippen molar-refractivity contribution in [2.75, 3.05) is 11.1 Å². The van der Waals surface area contributed by atoms with Crippen LogP contribution in [0, 0.1) is 18.3 Å². The van der Waals surface area contributed by atoms with Crippen molar-refractivity contribution in [1.29, 1.82) is 5.26 Å². The van der Waals surface area contributed by atoms with E-state index in [0.717, 1.165) is 17.2 Å². The number of hydrogen-bond acceptors (Lipinski definition) is 7. The molecule has 9 nitrogen and oxygen atoms in total. The van der Waals surface area contributed by atoms with Crippen LogP contribution in [-0.2, 0) is 11.8 Å². The van der Waals surface area contributed by atoms with E-state index in [4.69, 9.17) is 10.5 Å². The third-order valence-corrected chi connectivity index (χ3v) is 6.58. The van der Waals surface area contributed by atoms with Gasteiger partial charge in [0.15, 0.2) is 5.83 Å². The molecule has 0 fully saturated rings. The Kier molecular flexibility index (Phi) is 7.33. The van der Waals surface area contributed by atoms with Crippen LogP contribution in [-0.4, -0.2) is 25.4 Å². The second-order valence-electron chi connectivity index (χ2n) is 9.26. The average Bonchev–Trinajstić information content (AvgIpc) is 3.27. The second kappa shape index (κ2) is 11.1. The summed E-state index contributed by atoms with van der Waals surface area (Å²) in [7, 11) is 1.80. The summed E-state index contributed by atoms with van der Waals surface area (Å²) in [4.78, 5) is 23.7. The number of nitrogens with zero attached hydrogens (tertiary/aromatic N) is 5. The quantitative estimate of drug-likeness (QED) is 0.211. The first-order valence-corrected chi connectivity index (χ1v) is 12.4. The Labute approximate surface area is 237 Å². The van der Waals surface area contributed by atoms with E-state index in [0.29, 0.717) is 44.7 Å². The minimum atomic E-state index is -2.77. The van der Waals surface area contributed by atoms with Gasteiger partial charge in [-0.2, -0.15) is 10.2 Å². The first-order chi connectivity index (χ1) is 20.1.